The van der Waals surface area contributed by atoms with Crippen molar-refractivity contribution in [2.75, 3.05) is 7.05 Å². The maximum Gasteiger partial charge on any atom is 0.341 e. The average Bonchev–Trinajstić information content (AvgIpc) is 1.83. The van der Waals surface area contributed by atoms with Gasteiger partial charge in [-0.05, 0) is 13.8 Å². The van der Waals surface area contributed by atoms with Crippen molar-refractivity contribution in [3.8, 4) is 0 Å². The second-order valence-corrected chi connectivity index (χ2v) is 5.64. The van der Waals surface area contributed by atoms with E-state index in [4.69, 9.17) is 10.7 Å². The Morgan fingerprint density at radius 3 is 2.33 bits per heavy atom. The van der Waals surface area contributed by atoms with Crippen molar-refractivity contribution in [1.29, 1.82) is 0 Å². The Kier molecular flexibility index (Phi) is 2.12. The second kappa shape index (κ2) is 2.60. The van der Waals surface area contributed by atoms with Gasteiger partial charge >= 0.3 is 9.24 Å². The Labute approximate surface area is 76.8 Å². The summed E-state index contributed by atoms with van der Waals surface area (Å²) in [6.45, 7) is 4.01. The molecule has 1 saturated heterocycles. The van der Waals surface area contributed by atoms with E-state index in [1.807, 2.05) is 13.8 Å². The first-order valence-corrected chi connectivity index (χ1v) is 5.76. The third kappa shape index (κ3) is 1.90. The van der Waals surface area contributed by atoms with Gasteiger partial charge in [-0.15, -0.1) is 4.40 Å². The Hall–Kier alpha value is -0.290. The zero-order valence-corrected chi connectivity index (χ0v) is 8.78. The van der Waals surface area contributed by atoms with Gasteiger partial charge in [-0.3, -0.25) is 0 Å². The van der Waals surface area contributed by atoms with Crippen molar-refractivity contribution in [3.05, 3.63) is 0 Å². The predicted octanol–water partition coefficient (Wildman–Crippen LogP) is 0.983. The molecule has 0 spiro atoms. The van der Waals surface area contributed by atoms with Gasteiger partial charge in [0.15, 0.2) is 0 Å². The molecule has 6 heteroatoms. The number of nitrogens with zero attached hydrogens (tertiary/aromatic N) is 2. The topological polar surface area (TPSA) is 49.7 Å². The third-order valence-electron chi connectivity index (χ3n) is 2.10. The van der Waals surface area contributed by atoms with E-state index in [9.17, 15) is 8.42 Å². The minimum atomic E-state index is -3.75. The summed E-state index contributed by atoms with van der Waals surface area (Å²) in [6.07, 6.45) is 0.648. The van der Waals surface area contributed by atoms with Crippen LogP contribution in [0.4, 0.5) is 0 Å². The Morgan fingerprint density at radius 1 is 1.58 bits per heavy atom. The molecule has 1 heterocycles. The molecule has 0 atom stereocenters. The molecule has 4 nitrogen and oxygen atoms in total. The molecule has 0 bridgehead atoms. The van der Waals surface area contributed by atoms with Crippen LogP contribution >= 0.6 is 10.7 Å². The third-order valence-corrected chi connectivity index (χ3v) is 2.74. The van der Waals surface area contributed by atoms with Crippen LogP contribution in [0, 0.1) is 0 Å². The van der Waals surface area contributed by atoms with Crippen molar-refractivity contribution in [3.63, 3.8) is 0 Å². The molecule has 70 valence electrons. The van der Waals surface area contributed by atoms with Gasteiger partial charge in [-0.25, -0.2) is 0 Å². The number of likely N-dealkylation sites (tertiary alicyclic amines) is 1. The van der Waals surface area contributed by atoms with Gasteiger partial charge < -0.3 is 4.90 Å². The highest BCUT2D eigenvalue weighted by molar-refractivity contribution is 8.12. The summed E-state index contributed by atoms with van der Waals surface area (Å²) in [7, 11) is 3.00. The smallest absolute Gasteiger partial charge is 0.341 e. The van der Waals surface area contributed by atoms with E-state index < -0.39 is 9.24 Å². The van der Waals surface area contributed by atoms with Crippen molar-refractivity contribution >= 4 is 25.8 Å². The summed E-state index contributed by atoms with van der Waals surface area (Å²) in [5, 5.41) is 0. The molecule has 0 aromatic carbocycles. The quantitative estimate of drug-likeness (QED) is 0.607. The largest absolute Gasteiger partial charge is 0.357 e. The van der Waals surface area contributed by atoms with Crippen LogP contribution in [0.25, 0.3) is 0 Å². The summed E-state index contributed by atoms with van der Waals surface area (Å²) < 4.78 is 24.5. The SMILES string of the molecule is CN1/C(=N/S(=O)(=O)Cl)CC1(C)C. The van der Waals surface area contributed by atoms with Crippen LogP contribution < -0.4 is 0 Å². The van der Waals surface area contributed by atoms with Crippen LogP contribution in [-0.4, -0.2) is 31.7 Å². The lowest BCUT2D eigenvalue weighted by Gasteiger charge is -2.48. The Morgan fingerprint density at radius 2 is 2.08 bits per heavy atom. The zero-order valence-electron chi connectivity index (χ0n) is 7.20. The van der Waals surface area contributed by atoms with Crippen LogP contribution in [-0.2, 0) is 9.24 Å². The van der Waals surface area contributed by atoms with E-state index in [1.54, 1.807) is 11.9 Å². The molecular weight excluding hydrogens is 200 g/mol. The Balaban J connectivity index is 2.81. The van der Waals surface area contributed by atoms with Gasteiger partial charge in [0.25, 0.3) is 0 Å². The van der Waals surface area contributed by atoms with Crippen molar-refractivity contribution in [2.24, 2.45) is 4.40 Å². The van der Waals surface area contributed by atoms with Gasteiger partial charge in [-0.1, -0.05) is 0 Å². The summed E-state index contributed by atoms with van der Waals surface area (Å²) >= 11 is 0. The highest BCUT2D eigenvalue weighted by Crippen LogP contribution is 2.30. The van der Waals surface area contributed by atoms with E-state index in [2.05, 4.69) is 4.40 Å². The number of hydrogen-bond donors (Lipinski definition) is 0. The lowest BCUT2D eigenvalue weighted by atomic mass is 9.89. The predicted molar refractivity (Wildman–Crippen MR) is 48.7 cm³/mol. The van der Waals surface area contributed by atoms with Crippen LogP contribution in [0.15, 0.2) is 4.40 Å². The minimum absolute atomic E-state index is 0.000409. The first-order valence-electron chi connectivity index (χ1n) is 3.50. The lowest BCUT2D eigenvalue weighted by Crippen LogP contribution is -2.57. The molecule has 1 aliphatic rings. The fraction of sp³-hybridized carbons (Fsp3) is 0.833. The number of amidine groups is 1. The molecule has 0 amide bonds. The maximum atomic E-state index is 10.5. The fourth-order valence-electron chi connectivity index (χ4n) is 1.10. The van der Waals surface area contributed by atoms with Gasteiger partial charge in [0, 0.05) is 29.7 Å². The van der Waals surface area contributed by atoms with Crippen LogP contribution in [0.2, 0.25) is 0 Å². The van der Waals surface area contributed by atoms with Gasteiger partial charge in [0.05, 0.1) is 0 Å². The molecule has 0 radical (unpaired) electrons. The molecule has 0 unspecified atom stereocenters. The number of hydrogen-bond acceptors (Lipinski definition) is 2. The van der Waals surface area contributed by atoms with Crippen LogP contribution in [0.1, 0.15) is 20.3 Å². The molecule has 12 heavy (non-hydrogen) atoms. The summed E-state index contributed by atoms with van der Waals surface area (Å²) in [5.41, 5.74) is 0.000409. The van der Waals surface area contributed by atoms with Crippen LogP contribution in [0.5, 0.6) is 0 Å². The average molecular weight is 211 g/mol. The molecule has 1 aliphatic heterocycles. The standard InChI is InChI=1S/C6H11ClN2O2S/c1-6(2)4-5(9(6)3)8-12(7,10)11/h4H2,1-3H3/b8-5+. The summed E-state index contributed by atoms with van der Waals surface area (Å²) in [4.78, 5) is 1.80. The van der Waals surface area contributed by atoms with Crippen LogP contribution in [0.3, 0.4) is 0 Å². The molecule has 0 N–H and O–H groups in total. The molecule has 0 aliphatic carbocycles. The number of rotatable bonds is 1. The fourth-order valence-corrected chi connectivity index (χ4v) is 1.78. The lowest BCUT2D eigenvalue weighted by molar-refractivity contribution is 0.191. The van der Waals surface area contributed by atoms with Gasteiger partial charge in [0.1, 0.15) is 5.84 Å². The van der Waals surface area contributed by atoms with E-state index >= 15 is 0 Å². The van der Waals surface area contributed by atoms with E-state index in [0.717, 1.165) is 0 Å². The molecule has 0 aromatic rings. The molecular formula is C6H11ClN2O2S. The zero-order chi connectivity index (χ0) is 9.57. The highest BCUT2D eigenvalue weighted by atomic mass is 35.7. The summed E-state index contributed by atoms with van der Waals surface area (Å²) in [6, 6.07) is 0. The monoisotopic (exact) mass is 210 g/mol. The van der Waals surface area contributed by atoms with Crippen molar-refractivity contribution < 1.29 is 8.42 Å². The Bertz CT molecular complexity index is 320. The van der Waals surface area contributed by atoms with E-state index in [-0.39, 0.29) is 5.54 Å². The minimum Gasteiger partial charge on any atom is -0.357 e. The van der Waals surface area contributed by atoms with E-state index in [0.29, 0.717) is 12.3 Å². The van der Waals surface area contributed by atoms with Gasteiger partial charge in [-0.2, -0.15) is 8.42 Å². The van der Waals surface area contributed by atoms with Gasteiger partial charge in [0.2, 0.25) is 0 Å². The first kappa shape index (κ1) is 9.80. The first-order chi connectivity index (χ1) is 5.22. The normalized spacial score (nSPS) is 25.7. The molecule has 0 saturated carbocycles. The summed E-state index contributed by atoms with van der Waals surface area (Å²) in [5.74, 6) is 0.523. The molecule has 1 fully saturated rings. The second-order valence-electron chi connectivity index (χ2n) is 3.47. The number of halogens is 1. The van der Waals surface area contributed by atoms with E-state index in [1.165, 1.54) is 0 Å². The highest BCUT2D eigenvalue weighted by Gasteiger charge is 2.39. The molecule has 0 aromatic heterocycles. The van der Waals surface area contributed by atoms with Crippen molar-refractivity contribution in [2.45, 2.75) is 25.8 Å². The van der Waals surface area contributed by atoms with Crippen molar-refractivity contribution in [1.82, 2.24) is 4.90 Å². The molecule has 1 rings (SSSR count). The maximum absolute atomic E-state index is 10.5.